The first-order chi connectivity index (χ1) is 9.04. The minimum absolute atomic E-state index is 0.0116. The van der Waals surface area contributed by atoms with Crippen LogP contribution < -0.4 is 5.43 Å². The van der Waals surface area contributed by atoms with Gasteiger partial charge in [0.05, 0.1) is 5.71 Å². The summed E-state index contributed by atoms with van der Waals surface area (Å²) in [7, 11) is 0. The second kappa shape index (κ2) is 5.87. The standard InChI is InChI=1S/C17H22N2/c1-17(2,3)19-18-16(13-14-9-7-8-10-14)15-11-5-4-6-12-15/h4-9,11-12,19H,10,13H2,1-3H3. The van der Waals surface area contributed by atoms with Crippen LogP contribution in [0.15, 0.2) is 59.2 Å². The molecule has 0 spiro atoms. The van der Waals surface area contributed by atoms with E-state index >= 15 is 0 Å². The molecular weight excluding hydrogens is 232 g/mol. The zero-order valence-electron chi connectivity index (χ0n) is 12.0. The SMILES string of the molecule is CC(C)(C)NN=C(CC1=CC=CC1)c1ccccc1. The van der Waals surface area contributed by atoms with Gasteiger partial charge >= 0.3 is 0 Å². The number of rotatable bonds is 4. The second-order valence-electron chi connectivity index (χ2n) is 5.92. The zero-order valence-corrected chi connectivity index (χ0v) is 12.0. The number of benzene rings is 1. The van der Waals surface area contributed by atoms with Gasteiger partial charge in [0.25, 0.3) is 0 Å². The van der Waals surface area contributed by atoms with Crippen molar-refractivity contribution in [2.45, 2.75) is 39.2 Å². The molecule has 0 bridgehead atoms. The first kappa shape index (κ1) is 13.6. The highest BCUT2D eigenvalue weighted by molar-refractivity contribution is 6.01. The quantitative estimate of drug-likeness (QED) is 0.636. The molecule has 0 saturated carbocycles. The Morgan fingerprint density at radius 2 is 1.95 bits per heavy atom. The fourth-order valence-corrected chi connectivity index (χ4v) is 1.91. The smallest absolute Gasteiger partial charge is 0.0715 e. The molecule has 0 aliphatic heterocycles. The molecule has 0 atom stereocenters. The van der Waals surface area contributed by atoms with Gasteiger partial charge in [0.15, 0.2) is 0 Å². The van der Waals surface area contributed by atoms with Crippen LogP contribution in [-0.2, 0) is 0 Å². The molecule has 0 unspecified atom stereocenters. The summed E-state index contributed by atoms with van der Waals surface area (Å²) in [6, 6.07) is 10.4. The van der Waals surface area contributed by atoms with E-state index in [4.69, 9.17) is 0 Å². The van der Waals surface area contributed by atoms with Crippen molar-refractivity contribution in [3.05, 3.63) is 59.7 Å². The minimum Gasteiger partial charge on any atom is -0.305 e. The molecule has 1 aliphatic rings. The summed E-state index contributed by atoms with van der Waals surface area (Å²) in [6.07, 6.45) is 8.45. The van der Waals surface area contributed by atoms with E-state index in [0.717, 1.165) is 18.6 Å². The molecule has 0 saturated heterocycles. The van der Waals surface area contributed by atoms with Crippen LogP contribution in [0.3, 0.4) is 0 Å². The largest absolute Gasteiger partial charge is 0.305 e. The Kier molecular flexibility index (Phi) is 4.20. The summed E-state index contributed by atoms with van der Waals surface area (Å²) >= 11 is 0. The van der Waals surface area contributed by atoms with Crippen molar-refractivity contribution in [3.63, 3.8) is 0 Å². The van der Waals surface area contributed by atoms with Gasteiger partial charge in [-0.05, 0) is 32.8 Å². The van der Waals surface area contributed by atoms with Crippen molar-refractivity contribution in [2.75, 3.05) is 0 Å². The highest BCUT2D eigenvalue weighted by Gasteiger charge is 2.11. The predicted octanol–water partition coefficient (Wildman–Crippen LogP) is 4.06. The fourth-order valence-electron chi connectivity index (χ4n) is 1.91. The third-order valence-electron chi connectivity index (χ3n) is 2.88. The Morgan fingerprint density at radius 3 is 2.53 bits per heavy atom. The molecule has 0 radical (unpaired) electrons. The summed E-state index contributed by atoms with van der Waals surface area (Å²) in [5.74, 6) is 0. The topological polar surface area (TPSA) is 24.4 Å². The van der Waals surface area contributed by atoms with Crippen LogP contribution in [0, 0.1) is 0 Å². The average Bonchev–Trinajstić information content (AvgIpc) is 2.87. The van der Waals surface area contributed by atoms with Crippen molar-refractivity contribution in [3.8, 4) is 0 Å². The Hall–Kier alpha value is -1.83. The first-order valence-electron chi connectivity index (χ1n) is 6.78. The van der Waals surface area contributed by atoms with Crippen LogP contribution in [0.1, 0.15) is 39.2 Å². The molecule has 1 aromatic carbocycles. The highest BCUT2D eigenvalue weighted by Crippen LogP contribution is 2.18. The number of hydrogen-bond donors (Lipinski definition) is 1. The number of nitrogens with zero attached hydrogens (tertiary/aromatic N) is 1. The Labute approximate surface area is 115 Å². The number of hydrogen-bond acceptors (Lipinski definition) is 2. The van der Waals surface area contributed by atoms with E-state index in [9.17, 15) is 0 Å². The summed E-state index contributed by atoms with van der Waals surface area (Å²) in [5, 5.41) is 4.63. The van der Waals surface area contributed by atoms with Crippen molar-refractivity contribution >= 4 is 5.71 Å². The van der Waals surface area contributed by atoms with E-state index in [1.165, 1.54) is 11.1 Å². The van der Waals surface area contributed by atoms with Gasteiger partial charge in [-0.2, -0.15) is 5.10 Å². The Balaban J connectivity index is 2.18. The molecular formula is C17H22N2. The van der Waals surface area contributed by atoms with E-state index in [0.29, 0.717) is 0 Å². The molecule has 0 amide bonds. The maximum Gasteiger partial charge on any atom is 0.0715 e. The highest BCUT2D eigenvalue weighted by atomic mass is 15.3. The van der Waals surface area contributed by atoms with Gasteiger partial charge in [0, 0.05) is 12.0 Å². The molecule has 1 aromatic rings. The fraction of sp³-hybridized carbons (Fsp3) is 0.353. The molecule has 100 valence electrons. The van der Waals surface area contributed by atoms with Crippen LogP contribution in [0.25, 0.3) is 0 Å². The molecule has 0 aromatic heterocycles. The molecule has 2 rings (SSSR count). The second-order valence-corrected chi connectivity index (χ2v) is 5.92. The van der Waals surface area contributed by atoms with Gasteiger partial charge in [-0.25, -0.2) is 0 Å². The summed E-state index contributed by atoms with van der Waals surface area (Å²) < 4.78 is 0. The van der Waals surface area contributed by atoms with Crippen molar-refractivity contribution < 1.29 is 0 Å². The van der Waals surface area contributed by atoms with Crippen LogP contribution in [0.5, 0.6) is 0 Å². The maximum absolute atomic E-state index is 4.63. The van der Waals surface area contributed by atoms with Gasteiger partial charge in [0.2, 0.25) is 0 Å². The van der Waals surface area contributed by atoms with E-state index in [2.05, 4.69) is 73.8 Å². The van der Waals surface area contributed by atoms with Crippen LogP contribution in [-0.4, -0.2) is 11.3 Å². The number of nitrogens with one attached hydrogen (secondary N) is 1. The molecule has 1 N–H and O–H groups in total. The van der Waals surface area contributed by atoms with Crippen LogP contribution in [0.2, 0.25) is 0 Å². The molecule has 0 fully saturated rings. The van der Waals surface area contributed by atoms with Crippen LogP contribution >= 0.6 is 0 Å². The summed E-state index contributed by atoms with van der Waals surface area (Å²) in [6.45, 7) is 6.36. The lowest BCUT2D eigenvalue weighted by Gasteiger charge is -2.19. The summed E-state index contributed by atoms with van der Waals surface area (Å²) in [4.78, 5) is 0. The molecule has 2 nitrogen and oxygen atoms in total. The number of allylic oxidation sites excluding steroid dienone is 4. The Bertz CT molecular complexity index is 502. The van der Waals surface area contributed by atoms with E-state index in [1.54, 1.807) is 0 Å². The van der Waals surface area contributed by atoms with Gasteiger partial charge in [-0.1, -0.05) is 54.1 Å². The predicted molar refractivity (Wildman–Crippen MR) is 82.3 cm³/mol. The lowest BCUT2D eigenvalue weighted by Crippen LogP contribution is -2.32. The average molecular weight is 254 g/mol. The minimum atomic E-state index is -0.0116. The third-order valence-corrected chi connectivity index (χ3v) is 2.88. The Morgan fingerprint density at radius 1 is 1.21 bits per heavy atom. The maximum atomic E-state index is 4.63. The normalized spacial score (nSPS) is 15.5. The van der Waals surface area contributed by atoms with Gasteiger partial charge < -0.3 is 5.43 Å². The lowest BCUT2D eigenvalue weighted by atomic mass is 10.0. The van der Waals surface area contributed by atoms with E-state index < -0.39 is 0 Å². The molecule has 1 aliphatic carbocycles. The molecule has 19 heavy (non-hydrogen) atoms. The first-order valence-corrected chi connectivity index (χ1v) is 6.78. The number of hydrazone groups is 1. The van der Waals surface area contributed by atoms with Crippen molar-refractivity contribution in [2.24, 2.45) is 5.10 Å². The zero-order chi connectivity index (χ0) is 13.7. The van der Waals surface area contributed by atoms with Gasteiger partial charge in [0.1, 0.15) is 0 Å². The van der Waals surface area contributed by atoms with Crippen molar-refractivity contribution in [1.29, 1.82) is 0 Å². The van der Waals surface area contributed by atoms with Crippen LogP contribution in [0.4, 0.5) is 0 Å². The van der Waals surface area contributed by atoms with Gasteiger partial charge in [-0.3, -0.25) is 0 Å². The lowest BCUT2D eigenvalue weighted by molar-refractivity contribution is 0.440. The van der Waals surface area contributed by atoms with Crippen molar-refractivity contribution in [1.82, 2.24) is 5.43 Å². The van der Waals surface area contributed by atoms with E-state index in [-0.39, 0.29) is 5.54 Å². The van der Waals surface area contributed by atoms with E-state index in [1.807, 2.05) is 6.07 Å². The summed E-state index contributed by atoms with van der Waals surface area (Å²) in [5.41, 5.74) is 6.93. The van der Waals surface area contributed by atoms with Gasteiger partial charge in [-0.15, -0.1) is 0 Å². The molecule has 2 heteroatoms. The monoisotopic (exact) mass is 254 g/mol. The third kappa shape index (κ3) is 4.40. The molecule has 0 heterocycles.